The average Bonchev–Trinajstić information content (AvgIpc) is 4.01. The summed E-state index contributed by atoms with van der Waals surface area (Å²) in [7, 11) is 0. The highest BCUT2D eigenvalue weighted by atomic mass is 16.6. The fourth-order valence-electron chi connectivity index (χ4n) is 13.7. The summed E-state index contributed by atoms with van der Waals surface area (Å²) >= 11 is 0. The molecule has 2 saturated heterocycles. The van der Waals surface area contributed by atoms with E-state index in [1.165, 1.54) is 62.6 Å². The highest BCUT2D eigenvalue weighted by Crippen LogP contribution is 2.84. The molecule has 2 spiro atoms. The summed E-state index contributed by atoms with van der Waals surface area (Å²) in [6.07, 6.45) is 18.8. The molecule has 0 radical (unpaired) electrons. The van der Waals surface area contributed by atoms with Gasteiger partial charge in [-0.25, -0.2) is 0 Å². The molecule has 294 valence electrons. The van der Waals surface area contributed by atoms with E-state index in [1.54, 1.807) is 12.5 Å². The van der Waals surface area contributed by atoms with Gasteiger partial charge in [0.2, 0.25) is 0 Å². The Kier molecular flexibility index (Phi) is 10.9. The highest BCUT2D eigenvalue weighted by molar-refractivity contribution is 5.66. The van der Waals surface area contributed by atoms with Gasteiger partial charge >= 0.3 is 5.97 Å². The summed E-state index contributed by atoms with van der Waals surface area (Å²) in [5, 5.41) is 10.7. The van der Waals surface area contributed by atoms with Crippen molar-refractivity contribution in [3.63, 3.8) is 0 Å². The number of hydrogen-bond donors (Lipinski definition) is 4. The number of carbonyl (C=O) groups excluding carboxylic acids is 1. The van der Waals surface area contributed by atoms with Gasteiger partial charge in [-0.05, 0) is 136 Å². The minimum absolute atomic E-state index is 0.0166. The number of nitrogens with two attached hydrogens (primary N) is 2. The van der Waals surface area contributed by atoms with E-state index in [2.05, 4.69) is 59.9 Å². The lowest BCUT2D eigenvalue weighted by atomic mass is 9.39. The summed E-state index contributed by atoms with van der Waals surface area (Å²) in [5.41, 5.74) is 17.9. The largest absolute Gasteiger partial charge is 0.483 e. The highest BCUT2D eigenvalue weighted by Gasteiger charge is 2.83. The molecule has 7 unspecified atom stereocenters. The molecule has 0 amide bonds. The third-order valence-electron chi connectivity index (χ3n) is 17.1. The van der Waals surface area contributed by atoms with Crippen molar-refractivity contribution in [2.24, 2.45) is 68.1 Å². The predicted octanol–water partition coefficient (Wildman–Crippen LogP) is 8.14. The van der Waals surface area contributed by atoms with Gasteiger partial charge in [0.05, 0.1) is 12.2 Å². The van der Waals surface area contributed by atoms with Gasteiger partial charge in [0.1, 0.15) is 6.10 Å². The maximum Gasteiger partial charge on any atom is 0.302 e. The number of carbonyl (C=O) groups is 2. The number of allylic oxidation sites excluding steroid dienone is 2. The van der Waals surface area contributed by atoms with Crippen molar-refractivity contribution >= 4 is 12.4 Å². The minimum Gasteiger partial charge on any atom is -0.483 e. The van der Waals surface area contributed by atoms with Crippen LogP contribution in [-0.2, 0) is 19.1 Å². The summed E-state index contributed by atoms with van der Waals surface area (Å²) < 4.78 is 13.5. The van der Waals surface area contributed by atoms with E-state index in [4.69, 9.17) is 30.8 Å². The first-order valence-electron chi connectivity index (χ1n) is 21.0. The maximum atomic E-state index is 12.7. The lowest BCUT2D eigenvalue weighted by Gasteiger charge is -2.66. The van der Waals surface area contributed by atoms with E-state index in [0.717, 1.165) is 63.5 Å². The van der Waals surface area contributed by atoms with E-state index in [1.807, 2.05) is 0 Å². The quantitative estimate of drug-likeness (QED) is 0.0686. The molecule has 8 rings (SSSR count). The number of carboxylic acid groups (broad SMARTS) is 1. The zero-order valence-electron chi connectivity index (χ0n) is 34.0. The summed E-state index contributed by atoms with van der Waals surface area (Å²) in [5.74, 6) is 2.84. The van der Waals surface area contributed by atoms with Gasteiger partial charge in [-0.15, -0.1) is 0 Å². The van der Waals surface area contributed by atoms with E-state index >= 15 is 0 Å². The standard InChI is InChI=1S/C43H71N3O3.CH2O2/c1-27(2)28(3)38(5)19-20-41(8)31-15-16-36-40(7)26-48-42(25-43(36,42)32(31)17-18-39(41,6)24-38)23-35(49-29(4)47)33(40)11-10-22-46-37(30-13-14-30)34(45)12-9-21-44;2-1-3/h17,27-28,31,33-36,46H,9-16,18-26,44-45H2,1-8H3;1H,(H,2,3)/t28-,31?,33?,34?,35-,36?,38+,39+,40-,41?,42?,43?;/m1./s1. The Bertz CT molecular complexity index is 1420. The second kappa shape index (κ2) is 14.3. The normalized spacial score (nSPS) is 43.5. The summed E-state index contributed by atoms with van der Waals surface area (Å²) in [6, 6.07) is 0.0551. The Morgan fingerprint density at radius 1 is 1.12 bits per heavy atom. The van der Waals surface area contributed by atoms with Gasteiger partial charge in [-0.1, -0.05) is 60.1 Å². The van der Waals surface area contributed by atoms with Gasteiger partial charge in [-0.3, -0.25) is 9.59 Å². The molecule has 52 heavy (non-hydrogen) atoms. The Balaban J connectivity index is 0.00000150. The monoisotopic (exact) mass is 724 g/mol. The molecule has 7 fully saturated rings. The number of nitrogens with one attached hydrogen (secondary N) is 1. The lowest BCUT2D eigenvalue weighted by molar-refractivity contribution is -0.163. The van der Waals surface area contributed by atoms with Crippen molar-refractivity contribution < 1.29 is 24.2 Å². The number of rotatable bonds is 12. The van der Waals surface area contributed by atoms with Crippen LogP contribution < -0.4 is 16.8 Å². The number of esters is 1. The fourth-order valence-corrected chi connectivity index (χ4v) is 13.7. The van der Waals surface area contributed by atoms with Crippen molar-refractivity contribution in [1.82, 2.24) is 5.32 Å². The number of fused-ring (bicyclic) bond motifs is 6. The van der Waals surface area contributed by atoms with Crippen molar-refractivity contribution in [2.75, 3.05) is 19.7 Å². The minimum atomic E-state index is -0.250. The molecule has 8 nitrogen and oxygen atoms in total. The number of ether oxygens (including phenoxy) is 2. The van der Waals surface area contributed by atoms with Gasteiger partial charge in [0, 0.05) is 48.4 Å². The van der Waals surface area contributed by atoms with Crippen molar-refractivity contribution in [1.29, 1.82) is 0 Å². The maximum absolute atomic E-state index is 12.7. The first kappa shape index (κ1) is 39.8. The average molecular weight is 724 g/mol. The molecule has 8 aliphatic rings. The molecule has 2 bridgehead atoms. The molecule has 6 N–H and O–H groups in total. The first-order valence-corrected chi connectivity index (χ1v) is 21.0. The molecule has 5 saturated carbocycles. The molecule has 0 aromatic carbocycles. The van der Waals surface area contributed by atoms with Crippen LogP contribution in [0.1, 0.15) is 145 Å². The Hall–Kier alpha value is -1.90. The first-order chi connectivity index (χ1) is 24.5. The van der Waals surface area contributed by atoms with Crippen LogP contribution in [0.5, 0.6) is 0 Å². The molecule has 2 heterocycles. The molecule has 8 heteroatoms. The third kappa shape index (κ3) is 6.30. The predicted molar refractivity (Wildman–Crippen MR) is 207 cm³/mol. The lowest BCUT2D eigenvalue weighted by Crippen LogP contribution is -2.59. The van der Waals surface area contributed by atoms with Crippen LogP contribution in [0.2, 0.25) is 0 Å². The Morgan fingerprint density at radius 2 is 1.83 bits per heavy atom. The van der Waals surface area contributed by atoms with Crippen LogP contribution in [0.4, 0.5) is 0 Å². The molecule has 0 aromatic heterocycles. The van der Waals surface area contributed by atoms with Crippen LogP contribution in [-0.4, -0.2) is 55.0 Å². The molecular formula is C44H73N3O5. The molecular weight excluding hydrogens is 651 g/mol. The van der Waals surface area contributed by atoms with Gasteiger partial charge in [-0.2, -0.15) is 0 Å². The molecule has 0 aromatic rings. The molecule has 6 aliphatic carbocycles. The topological polar surface area (TPSA) is 137 Å². The van der Waals surface area contributed by atoms with Crippen molar-refractivity contribution in [2.45, 2.75) is 163 Å². The SMILES string of the molecule is CC(=O)O[C@@H]1CC23CC24C2=CC[C@@]5(C)C[C@@](C)([C@H](C)C(C)C)CCC5(C)C2CCC4[C@](C)(CO3)C1CCCNC(=C1CC1)C(N)CCCN.O=CO. The zero-order chi connectivity index (χ0) is 37.9. The smallest absolute Gasteiger partial charge is 0.302 e. The van der Waals surface area contributed by atoms with Crippen LogP contribution in [0.3, 0.4) is 0 Å². The molecule has 12 atom stereocenters. The Morgan fingerprint density at radius 3 is 2.46 bits per heavy atom. The van der Waals surface area contributed by atoms with Crippen LogP contribution in [0, 0.1) is 56.7 Å². The van der Waals surface area contributed by atoms with Crippen molar-refractivity contribution in [3.05, 3.63) is 22.9 Å². The summed E-state index contributed by atoms with van der Waals surface area (Å²) in [6.45, 7) is 21.6. The van der Waals surface area contributed by atoms with Crippen LogP contribution >= 0.6 is 0 Å². The second-order valence-corrected chi connectivity index (χ2v) is 20.0. The molecule has 2 aliphatic heterocycles. The summed E-state index contributed by atoms with van der Waals surface area (Å²) in [4.78, 5) is 21.1. The Labute approximate surface area is 315 Å². The van der Waals surface area contributed by atoms with Gasteiger partial charge in [0.25, 0.3) is 6.47 Å². The van der Waals surface area contributed by atoms with E-state index in [0.29, 0.717) is 40.5 Å². The third-order valence-corrected chi connectivity index (χ3v) is 17.1. The van der Waals surface area contributed by atoms with E-state index < -0.39 is 0 Å². The van der Waals surface area contributed by atoms with Gasteiger partial charge < -0.3 is 31.4 Å². The van der Waals surface area contributed by atoms with Crippen molar-refractivity contribution in [3.8, 4) is 0 Å². The van der Waals surface area contributed by atoms with Gasteiger partial charge in [0.15, 0.2) is 0 Å². The van der Waals surface area contributed by atoms with Crippen LogP contribution in [0.15, 0.2) is 22.9 Å². The zero-order valence-corrected chi connectivity index (χ0v) is 34.0. The fraction of sp³-hybridized carbons (Fsp3) is 0.864. The van der Waals surface area contributed by atoms with E-state index in [9.17, 15) is 4.79 Å². The second-order valence-electron chi connectivity index (χ2n) is 20.0. The number of hydrogen-bond acceptors (Lipinski definition) is 7. The van der Waals surface area contributed by atoms with Crippen LogP contribution in [0.25, 0.3) is 0 Å². The van der Waals surface area contributed by atoms with E-state index in [-0.39, 0.29) is 41.0 Å².